The van der Waals surface area contributed by atoms with Crippen LogP contribution in [0.1, 0.15) is 24.9 Å². The van der Waals surface area contributed by atoms with Crippen LogP contribution in [0.15, 0.2) is 12.1 Å². The molecule has 1 aromatic carbocycles. The number of aliphatic hydroxyl groups is 1. The number of phenols is 1. The molecule has 0 aliphatic carbocycles. The van der Waals surface area contributed by atoms with Crippen LogP contribution in [0, 0.1) is 0 Å². The highest BCUT2D eigenvalue weighted by Crippen LogP contribution is 2.35. The number of rotatable bonds is 3. The number of hydrogen-bond acceptors (Lipinski definition) is 3. The maximum absolute atomic E-state index is 9.66. The van der Waals surface area contributed by atoms with E-state index in [9.17, 15) is 10.2 Å². The number of aromatic hydroxyl groups is 1. The summed E-state index contributed by atoms with van der Waals surface area (Å²) in [6, 6.07) is 2.24. The van der Waals surface area contributed by atoms with E-state index in [2.05, 4.69) is 0 Å². The molecule has 1 aromatic rings. The van der Waals surface area contributed by atoms with Gasteiger partial charge in [0.1, 0.15) is 5.75 Å². The average Bonchev–Trinajstić information content (AvgIpc) is 2.21. The van der Waals surface area contributed by atoms with Crippen molar-refractivity contribution < 1.29 is 10.2 Å². The highest BCUT2D eigenvalue weighted by atomic mass is 35.5. The molecule has 3 nitrogen and oxygen atoms in total. The first kappa shape index (κ1) is 15.8. The summed E-state index contributed by atoms with van der Waals surface area (Å²) < 4.78 is 0. The lowest BCUT2D eigenvalue weighted by molar-refractivity contribution is 0.139. The van der Waals surface area contributed by atoms with E-state index in [-0.39, 0.29) is 23.2 Å². The minimum atomic E-state index is -0.731. The molecule has 2 atom stereocenters. The van der Waals surface area contributed by atoms with Gasteiger partial charge in [-0.3, -0.25) is 0 Å². The second-order valence-corrected chi connectivity index (χ2v) is 4.17. The maximum atomic E-state index is 9.66. The Balaban J connectivity index is 0.00000225. The molecule has 1 rings (SSSR count). The van der Waals surface area contributed by atoms with Crippen LogP contribution < -0.4 is 5.73 Å². The number of phenolic OH excluding ortho intramolecular Hbond substituents is 1. The van der Waals surface area contributed by atoms with Crippen LogP contribution in [-0.2, 0) is 0 Å². The van der Waals surface area contributed by atoms with Crippen LogP contribution in [0.5, 0.6) is 5.75 Å². The topological polar surface area (TPSA) is 66.5 Å². The highest BCUT2D eigenvalue weighted by molar-refractivity contribution is 6.35. The predicted molar refractivity (Wildman–Crippen MR) is 68.6 cm³/mol. The first-order valence-electron chi connectivity index (χ1n) is 4.59. The Bertz CT molecular complexity index is 360. The number of benzene rings is 1. The first-order chi connectivity index (χ1) is 6.97. The first-order valence-corrected chi connectivity index (χ1v) is 5.34. The zero-order valence-corrected chi connectivity index (χ0v) is 11.0. The Morgan fingerprint density at radius 1 is 1.38 bits per heavy atom. The van der Waals surface area contributed by atoms with Gasteiger partial charge in [0.25, 0.3) is 0 Å². The fourth-order valence-electron chi connectivity index (χ4n) is 1.30. The Hall–Kier alpha value is -0.190. The van der Waals surface area contributed by atoms with E-state index in [1.807, 2.05) is 0 Å². The van der Waals surface area contributed by atoms with Gasteiger partial charge >= 0.3 is 0 Å². The summed E-state index contributed by atoms with van der Waals surface area (Å²) in [5, 5.41) is 19.7. The lowest BCUT2D eigenvalue weighted by Crippen LogP contribution is -2.25. The number of hydrogen-bond donors (Lipinski definition) is 3. The molecule has 0 fully saturated rings. The summed E-state index contributed by atoms with van der Waals surface area (Å²) in [7, 11) is 0. The molecule has 0 aliphatic heterocycles. The van der Waals surface area contributed by atoms with Crippen LogP contribution in [0.3, 0.4) is 0 Å². The summed E-state index contributed by atoms with van der Waals surface area (Å²) >= 11 is 11.5. The molecule has 92 valence electrons. The van der Waals surface area contributed by atoms with Gasteiger partial charge in [-0.25, -0.2) is 0 Å². The highest BCUT2D eigenvalue weighted by Gasteiger charge is 2.20. The van der Waals surface area contributed by atoms with E-state index >= 15 is 0 Å². The van der Waals surface area contributed by atoms with Gasteiger partial charge in [-0.1, -0.05) is 30.1 Å². The van der Waals surface area contributed by atoms with Gasteiger partial charge in [0.05, 0.1) is 17.2 Å². The van der Waals surface area contributed by atoms with E-state index in [4.69, 9.17) is 28.9 Å². The SMILES string of the molecule is CC[C@H](O)[C@H](N)c1cc(Cl)cc(Cl)c1O.Cl. The minimum absolute atomic E-state index is 0. The van der Waals surface area contributed by atoms with Gasteiger partial charge in [-0.2, -0.15) is 0 Å². The van der Waals surface area contributed by atoms with Crippen molar-refractivity contribution in [3.05, 3.63) is 27.7 Å². The zero-order valence-electron chi connectivity index (χ0n) is 8.65. The third-order valence-corrected chi connectivity index (χ3v) is 2.76. The smallest absolute Gasteiger partial charge is 0.139 e. The molecule has 0 saturated carbocycles. The van der Waals surface area contributed by atoms with E-state index in [0.717, 1.165) is 0 Å². The van der Waals surface area contributed by atoms with Crippen molar-refractivity contribution in [2.24, 2.45) is 5.73 Å². The molecule has 6 heteroatoms. The Kier molecular flexibility index (Phi) is 6.44. The van der Waals surface area contributed by atoms with Crippen molar-refractivity contribution in [2.45, 2.75) is 25.5 Å². The van der Waals surface area contributed by atoms with E-state index < -0.39 is 12.1 Å². The van der Waals surface area contributed by atoms with Crippen molar-refractivity contribution in [1.82, 2.24) is 0 Å². The molecule has 0 heterocycles. The maximum Gasteiger partial charge on any atom is 0.139 e. The van der Waals surface area contributed by atoms with Gasteiger partial charge in [-0.15, -0.1) is 12.4 Å². The number of aliphatic hydroxyl groups excluding tert-OH is 1. The molecule has 0 amide bonds. The van der Waals surface area contributed by atoms with Crippen LogP contribution >= 0.6 is 35.6 Å². The van der Waals surface area contributed by atoms with Crippen LogP contribution in [0.2, 0.25) is 10.0 Å². The second kappa shape index (κ2) is 6.52. The van der Waals surface area contributed by atoms with Crippen molar-refractivity contribution in [3.8, 4) is 5.75 Å². The van der Waals surface area contributed by atoms with Gasteiger partial charge in [0, 0.05) is 10.6 Å². The summed E-state index contributed by atoms with van der Waals surface area (Å²) in [5.41, 5.74) is 6.12. The van der Waals surface area contributed by atoms with Gasteiger partial charge < -0.3 is 15.9 Å². The normalized spacial score (nSPS) is 14.1. The summed E-state index contributed by atoms with van der Waals surface area (Å²) in [6.07, 6.45) is -0.240. The van der Waals surface area contributed by atoms with Gasteiger partial charge in [0.2, 0.25) is 0 Å². The molecule has 0 aromatic heterocycles. The number of nitrogens with two attached hydrogens (primary N) is 1. The fraction of sp³-hybridized carbons (Fsp3) is 0.400. The predicted octanol–water partition coefficient (Wildman–Crippen LogP) is 2.89. The Morgan fingerprint density at radius 2 is 1.94 bits per heavy atom. The summed E-state index contributed by atoms with van der Waals surface area (Å²) in [5.74, 6) is -0.124. The molecular weight excluding hydrogens is 272 g/mol. The average molecular weight is 287 g/mol. The third-order valence-electron chi connectivity index (χ3n) is 2.25. The number of halogens is 3. The molecule has 0 aliphatic rings. The van der Waals surface area contributed by atoms with Gasteiger partial charge in [-0.05, 0) is 18.6 Å². The molecule has 16 heavy (non-hydrogen) atoms. The van der Waals surface area contributed by atoms with Crippen molar-refractivity contribution in [1.29, 1.82) is 0 Å². The van der Waals surface area contributed by atoms with E-state index in [1.165, 1.54) is 12.1 Å². The lowest BCUT2D eigenvalue weighted by atomic mass is 10.00. The van der Waals surface area contributed by atoms with Crippen LogP contribution in [-0.4, -0.2) is 16.3 Å². The molecule has 0 unspecified atom stereocenters. The third kappa shape index (κ3) is 3.40. The van der Waals surface area contributed by atoms with Crippen molar-refractivity contribution in [3.63, 3.8) is 0 Å². The van der Waals surface area contributed by atoms with Crippen LogP contribution in [0.4, 0.5) is 0 Å². The molecule has 4 N–H and O–H groups in total. The fourth-order valence-corrected chi connectivity index (χ4v) is 1.81. The molecule has 0 radical (unpaired) electrons. The van der Waals surface area contributed by atoms with E-state index in [1.54, 1.807) is 6.92 Å². The van der Waals surface area contributed by atoms with Crippen LogP contribution in [0.25, 0.3) is 0 Å². The van der Waals surface area contributed by atoms with Crippen molar-refractivity contribution >= 4 is 35.6 Å². The summed E-state index contributed by atoms with van der Waals surface area (Å²) in [4.78, 5) is 0. The molecule has 0 spiro atoms. The lowest BCUT2D eigenvalue weighted by Gasteiger charge is -2.19. The summed E-state index contributed by atoms with van der Waals surface area (Å²) in [6.45, 7) is 1.80. The molecule has 0 bridgehead atoms. The Morgan fingerprint density at radius 3 is 2.44 bits per heavy atom. The minimum Gasteiger partial charge on any atom is -0.506 e. The van der Waals surface area contributed by atoms with Crippen molar-refractivity contribution in [2.75, 3.05) is 0 Å². The quantitative estimate of drug-likeness (QED) is 0.800. The largest absolute Gasteiger partial charge is 0.506 e. The molecular formula is C10H14Cl3NO2. The zero-order chi connectivity index (χ0) is 11.6. The van der Waals surface area contributed by atoms with Gasteiger partial charge in [0.15, 0.2) is 0 Å². The molecule has 0 saturated heterocycles. The Labute approximate surface area is 111 Å². The second-order valence-electron chi connectivity index (χ2n) is 3.33. The monoisotopic (exact) mass is 285 g/mol. The van der Waals surface area contributed by atoms with E-state index in [0.29, 0.717) is 17.0 Å². The standard InChI is InChI=1S/C10H13Cl2NO2.ClH/c1-2-8(14)9(13)6-3-5(11)4-7(12)10(6)15;/h3-4,8-9,14-15H,2,13H2,1H3;1H/t8-,9+;/m0./s1.